The van der Waals surface area contributed by atoms with Crippen LogP contribution in [0, 0.1) is 5.92 Å². The SMILES string of the molecule is C=C(C)c1ccc(N2CCCC(CCC)C2)cc1. The molecule has 1 aromatic carbocycles. The van der Waals surface area contributed by atoms with E-state index in [9.17, 15) is 0 Å². The molecule has 0 N–H and O–H groups in total. The topological polar surface area (TPSA) is 3.24 Å². The first-order valence-electron chi connectivity index (χ1n) is 7.21. The summed E-state index contributed by atoms with van der Waals surface area (Å²) in [7, 11) is 0. The smallest absolute Gasteiger partial charge is 0.0366 e. The second kappa shape index (κ2) is 6.08. The number of piperidine rings is 1. The van der Waals surface area contributed by atoms with Crippen LogP contribution >= 0.6 is 0 Å². The minimum atomic E-state index is 0.893. The van der Waals surface area contributed by atoms with Crippen LogP contribution in [0.4, 0.5) is 5.69 Å². The predicted molar refractivity (Wildman–Crippen MR) is 81.0 cm³/mol. The fourth-order valence-corrected chi connectivity index (χ4v) is 2.90. The number of nitrogens with zero attached hydrogens (tertiary/aromatic N) is 1. The van der Waals surface area contributed by atoms with Crippen LogP contribution in [0.5, 0.6) is 0 Å². The van der Waals surface area contributed by atoms with E-state index in [-0.39, 0.29) is 0 Å². The summed E-state index contributed by atoms with van der Waals surface area (Å²) in [5, 5.41) is 0. The maximum absolute atomic E-state index is 3.99. The van der Waals surface area contributed by atoms with Crippen molar-refractivity contribution in [3.8, 4) is 0 Å². The van der Waals surface area contributed by atoms with Crippen molar-refractivity contribution in [2.75, 3.05) is 18.0 Å². The second-order valence-corrected chi connectivity index (χ2v) is 5.57. The number of allylic oxidation sites excluding steroid dienone is 1. The standard InChI is InChI=1S/C17H25N/c1-4-6-15-7-5-12-18(13-15)17-10-8-16(9-11-17)14(2)3/h8-11,15H,2,4-7,12-13H2,1,3H3. The summed E-state index contributed by atoms with van der Waals surface area (Å²) in [4.78, 5) is 2.55. The van der Waals surface area contributed by atoms with E-state index >= 15 is 0 Å². The van der Waals surface area contributed by atoms with Gasteiger partial charge in [-0.25, -0.2) is 0 Å². The van der Waals surface area contributed by atoms with Crippen LogP contribution in [0.15, 0.2) is 30.8 Å². The highest BCUT2D eigenvalue weighted by molar-refractivity contribution is 5.64. The Balaban J connectivity index is 2.04. The number of anilines is 1. The summed E-state index contributed by atoms with van der Waals surface area (Å²) in [6.07, 6.45) is 5.44. The van der Waals surface area contributed by atoms with Crippen LogP contribution in [-0.4, -0.2) is 13.1 Å². The third-order valence-corrected chi connectivity index (χ3v) is 3.94. The Kier molecular flexibility index (Phi) is 4.46. The zero-order valence-electron chi connectivity index (χ0n) is 11.8. The second-order valence-electron chi connectivity index (χ2n) is 5.57. The maximum atomic E-state index is 3.99. The van der Waals surface area contributed by atoms with Gasteiger partial charge in [-0.15, -0.1) is 0 Å². The highest BCUT2D eigenvalue weighted by atomic mass is 15.1. The van der Waals surface area contributed by atoms with Gasteiger partial charge in [0.25, 0.3) is 0 Å². The first-order chi connectivity index (χ1) is 8.70. The van der Waals surface area contributed by atoms with E-state index < -0.39 is 0 Å². The molecule has 1 aliphatic rings. The van der Waals surface area contributed by atoms with E-state index in [4.69, 9.17) is 0 Å². The molecule has 1 nitrogen and oxygen atoms in total. The van der Waals surface area contributed by atoms with Gasteiger partial charge in [-0.2, -0.15) is 0 Å². The highest BCUT2D eigenvalue weighted by Crippen LogP contribution is 2.26. The molecule has 1 atom stereocenters. The molecule has 0 amide bonds. The summed E-state index contributed by atoms with van der Waals surface area (Å²) >= 11 is 0. The molecule has 0 bridgehead atoms. The van der Waals surface area contributed by atoms with Gasteiger partial charge in [0.2, 0.25) is 0 Å². The molecule has 0 aromatic heterocycles. The molecule has 1 aliphatic heterocycles. The van der Waals surface area contributed by atoms with Crippen LogP contribution in [-0.2, 0) is 0 Å². The monoisotopic (exact) mass is 243 g/mol. The molecule has 1 unspecified atom stereocenters. The Morgan fingerprint density at radius 3 is 2.67 bits per heavy atom. The van der Waals surface area contributed by atoms with Crippen molar-refractivity contribution in [2.24, 2.45) is 5.92 Å². The van der Waals surface area contributed by atoms with Crippen molar-refractivity contribution < 1.29 is 0 Å². The van der Waals surface area contributed by atoms with Crippen molar-refractivity contribution in [3.63, 3.8) is 0 Å². The normalized spacial score (nSPS) is 19.9. The quantitative estimate of drug-likeness (QED) is 0.738. The van der Waals surface area contributed by atoms with Gasteiger partial charge >= 0.3 is 0 Å². The first-order valence-corrected chi connectivity index (χ1v) is 7.21. The summed E-state index contributed by atoms with van der Waals surface area (Å²) < 4.78 is 0. The molecule has 1 heteroatoms. The lowest BCUT2D eigenvalue weighted by Gasteiger charge is -2.34. The number of hydrogen-bond acceptors (Lipinski definition) is 1. The molecule has 0 radical (unpaired) electrons. The molecule has 1 fully saturated rings. The van der Waals surface area contributed by atoms with Gasteiger partial charge in [0.15, 0.2) is 0 Å². The average Bonchev–Trinajstić information content (AvgIpc) is 2.39. The van der Waals surface area contributed by atoms with Gasteiger partial charge in [0.05, 0.1) is 0 Å². The van der Waals surface area contributed by atoms with Crippen LogP contribution in [0.25, 0.3) is 5.57 Å². The van der Waals surface area contributed by atoms with Crippen molar-refractivity contribution >= 4 is 11.3 Å². The van der Waals surface area contributed by atoms with Gasteiger partial charge in [0.1, 0.15) is 0 Å². The molecule has 1 saturated heterocycles. The van der Waals surface area contributed by atoms with Crippen molar-refractivity contribution in [2.45, 2.75) is 39.5 Å². The van der Waals surface area contributed by atoms with Gasteiger partial charge in [-0.3, -0.25) is 0 Å². The fourth-order valence-electron chi connectivity index (χ4n) is 2.90. The zero-order chi connectivity index (χ0) is 13.0. The van der Waals surface area contributed by atoms with Crippen LogP contribution < -0.4 is 4.90 Å². The molecule has 98 valence electrons. The number of hydrogen-bond donors (Lipinski definition) is 0. The van der Waals surface area contributed by atoms with Crippen molar-refractivity contribution in [1.82, 2.24) is 0 Å². The van der Waals surface area contributed by atoms with E-state index in [1.54, 1.807) is 0 Å². The average molecular weight is 243 g/mol. The Labute approximate surface area is 112 Å². The van der Waals surface area contributed by atoms with Crippen LogP contribution in [0.1, 0.15) is 45.1 Å². The lowest BCUT2D eigenvalue weighted by atomic mass is 9.93. The van der Waals surface area contributed by atoms with Crippen molar-refractivity contribution in [3.05, 3.63) is 36.4 Å². The summed E-state index contributed by atoms with van der Waals surface area (Å²) in [5.74, 6) is 0.893. The molecule has 0 aliphatic carbocycles. The van der Waals surface area contributed by atoms with Crippen LogP contribution in [0.2, 0.25) is 0 Å². The minimum Gasteiger partial charge on any atom is -0.371 e. The zero-order valence-corrected chi connectivity index (χ0v) is 11.8. The largest absolute Gasteiger partial charge is 0.371 e. The summed E-state index contributed by atoms with van der Waals surface area (Å²) in [5.41, 5.74) is 3.77. The van der Waals surface area contributed by atoms with E-state index in [0.29, 0.717) is 0 Å². The lowest BCUT2D eigenvalue weighted by molar-refractivity contribution is 0.388. The fraction of sp³-hybridized carbons (Fsp3) is 0.529. The Hall–Kier alpha value is -1.24. The molecule has 2 rings (SSSR count). The van der Waals surface area contributed by atoms with E-state index in [1.807, 2.05) is 0 Å². The molecular weight excluding hydrogens is 218 g/mol. The first kappa shape index (κ1) is 13.2. The third kappa shape index (κ3) is 3.16. The maximum Gasteiger partial charge on any atom is 0.0366 e. The molecule has 1 heterocycles. The van der Waals surface area contributed by atoms with Crippen molar-refractivity contribution in [1.29, 1.82) is 0 Å². The summed E-state index contributed by atoms with van der Waals surface area (Å²) in [6.45, 7) is 10.8. The number of benzene rings is 1. The Morgan fingerprint density at radius 2 is 2.06 bits per heavy atom. The highest BCUT2D eigenvalue weighted by Gasteiger charge is 2.19. The van der Waals surface area contributed by atoms with E-state index in [2.05, 4.69) is 49.6 Å². The Morgan fingerprint density at radius 1 is 1.33 bits per heavy atom. The predicted octanol–water partition coefficient (Wildman–Crippen LogP) is 4.74. The van der Waals surface area contributed by atoms with Gasteiger partial charge < -0.3 is 4.90 Å². The third-order valence-electron chi connectivity index (χ3n) is 3.94. The van der Waals surface area contributed by atoms with E-state index in [0.717, 1.165) is 11.5 Å². The molecular formula is C17H25N. The van der Waals surface area contributed by atoms with Crippen LogP contribution in [0.3, 0.4) is 0 Å². The molecule has 18 heavy (non-hydrogen) atoms. The molecule has 0 spiro atoms. The lowest BCUT2D eigenvalue weighted by Crippen LogP contribution is -2.35. The molecule has 0 saturated carbocycles. The van der Waals surface area contributed by atoms with Gasteiger partial charge in [-0.1, -0.05) is 37.6 Å². The van der Waals surface area contributed by atoms with Gasteiger partial charge in [-0.05, 0) is 49.8 Å². The number of rotatable bonds is 4. The minimum absolute atomic E-state index is 0.893. The van der Waals surface area contributed by atoms with E-state index in [1.165, 1.54) is 50.0 Å². The van der Waals surface area contributed by atoms with Gasteiger partial charge in [0, 0.05) is 18.8 Å². The molecule has 1 aromatic rings. The Bertz CT molecular complexity index is 389. The summed E-state index contributed by atoms with van der Waals surface area (Å²) in [6, 6.07) is 8.89.